The molecule has 0 aliphatic carbocycles. The summed E-state index contributed by atoms with van der Waals surface area (Å²) in [5.41, 5.74) is 3.29. The topological polar surface area (TPSA) is 25.8 Å². The van der Waals surface area contributed by atoms with Gasteiger partial charge in [0.1, 0.15) is 0 Å². The van der Waals surface area contributed by atoms with Crippen LogP contribution in [0.15, 0.2) is 24.3 Å². The molecule has 0 saturated carbocycles. The van der Waals surface area contributed by atoms with Crippen molar-refractivity contribution in [1.82, 2.24) is 10.2 Å². The third-order valence-electron chi connectivity index (χ3n) is 2.35. The fourth-order valence-electron chi connectivity index (χ4n) is 1.46. The van der Waals surface area contributed by atoms with Crippen LogP contribution in [0.5, 0.6) is 0 Å². The second kappa shape index (κ2) is 3.37. The molecule has 72 valence electrons. The molecule has 14 heavy (non-hydrogen) atoms. The largest absolute Gasteiger partial charge is 0.155 e. The molecular formula is C12H14N2. The highest BCUT2D eigenvalue weighted by Gasteiger charge is 2.03. The van der Waals surface area contributed by atoms with Gasteiger partial charge < -0.3 is 0 Å². The maximum Gasteiger partial charge on any atom is 0.0930 e. The highest BCUT2D eigenvalue weighted by molar-refractivity contribution is 5.78. The van der Waals surface area contributed by atoms with E-state index in [1.54, 1.807) is 0 Å². The van der Waals surface area contributed by atoms with Gasteiger partial charge in [0.15, 0.2) is 0 Å². The summed E-state index contributed by atoms with van der Waals surface area (Å²) in [5.74, 6) is 0.437. The third kappa shape index (κ3) is 1.60. The van der Waals surface area contributed by atoms with Crippen LogP contribution < -0.4 is 0 Å². The summed E-state index contributed by atoms with van der Waals surface area (Å²) in [6.07, 6.45) is 0. The summed E-state index contributed by atoms with van der Waals surface area (Å²) in [6, 6.07) is 8.35. The van der Waals surface area contributed by atoms with Crippen molar-refractivity contribution in [2.45, 2.75) is 26.7 Å². The van der Waals surface area contributed by atoms with Crippen molar-refractivity contribution in [1.29, 1.82) is 0 Å². The lowest BCUT2D eigenvalue weighted by Crippen LogP contribution is -1.95. The molecule has 0 bridgehead atoms. The fourth-order valence-corrected chi connectivity index (χ4v) is 1.46. The smallest absolute Gasteiger partial charge is 0.0930 e. The van der Waals surface area contributed by atoms with E-state index in [1.807, 2.05) is 6.07 Å². The molecule has 0 saturated heterocycles. The lowest BCUT2D eigenvalue weighted by molar-refractivity contribution is 0.795. The van der Waals surface area contributed by atoms with Crippen LogP contribution in [-0.4, -0.2) is 10.2 Å². The number of rotatable bonds is 1. The molecule has 1 aromatic heterocycles. The van der Waals surface area contributed by atoms with Crippen LogP contribution in [-0.2, 0) is 0 Å². The third-order valence-corrected chi connectivity index (χ3v) is 2.35. The molecule has 2 rings (SSSR count). The number of aryl methyl sites for hydroxylation is 1. The Morgan fingerprint density at radius 1 is 1.07 bits per heavy atom. The Bertz CT molecular complexity index is 461. The molecule has 0 unspecified atom stereocenters. The minimum atomic E-state index is 0.437. The van der Waals surface area contributed by atoms with E-state index in [1.165, 1.54) is 10.9 Å². The second-order valence-corrected chi connectivity index (χ2v) is 3.99. The van der Waals surface area contributed by atoms with Gasteiger partial charge in [-0.25, -0.2) is 0 Å². The molecule has 0 fully saturated rings. The van der Waals surface area contributed by atoms with Gasteiger partial charge in [-0.15, -0.1) is 0 Å². The van der Waals surface area contributed by atoms with E-state index >= 15 is 0 Å². The highest BCUT2D eigenvalue weighted by atomic mass is 15.1. The molecule has 0 amide bonds. The maximum atomic E-state index is 4.19. The summed E-state index contributed by atoms with van der Waals surface area (Å²) in [7, 11) is 0. The Morgan fingerprint density at radius 2 is 1.86 bits per heavy atom. The lowest BCUT2D eigenvalue weighted by atomic mass is 10.1. The van der Waals surface area contributed by atoms with Crippen molar-refractivity contribution in [2.24, 2.45) is 0 Å². The van der Waals surface area contributed by atoms with Crippen LogP contribution in [0.25, 0.3) is 10.9 Å². The first-order valence-corrected chi connectivity index (χ1v) is 4.91. The molecule has 0 N–H and O–H groups in total. The Kier molecular flexibility index (Phi) is 2.20. The SMILES string of the molecule is Cc1ccc2nnc(C(C)C)cc2c1. The van der Waals surface area contributed by atoms with Crippen molar-refractivity contribution in [3.8, 4) is 0 Å². The van der Waals surface area contributed by atoms with Gasteiger partial charge in [0, 0.05) is 5.39 Å². The average Bonchev–Trinajstić information content (AvgIpc) is 2.16. The number of nitrogens with zero attached hydrogens (tertiary/aromatic N) is 2. The van der Waals surface area contributed by atoms with Crippen molar-refractivity contribution < 1.29 is 0 Å². The standard InChI is InChI=1S/C12H14N2/c1-8(2)12-7-10-6-9(3)4-5-11(10)13-14-12/h4-8H,1-3H3. The molecule has 0 radical (unpaired) electrons. The molecule has 2 aromatic rings. The van der Waals surface area contributed by atoms with E-state index in [4.69, 9.17) is 0 Å². The normalized spacial score (nSPS) is 11.1. The fraction of sp³-hybridized carbons (Fsp3) is 0.333. The van der Waals surface area contributed by atoms with Crippen LogP contribution in [0.2, 0.25) is 0 Å². The van der Waals surface area contributed by atoms with E-state index in [2.05, 4.69) is 49.2 Å². The molecule has 2 nitrogen and oxygen atoms in total. The van der Waals surface area contributed by atoms with Crippen LogP contribution in [0.1, 0.15) is 31.0 Å². The molecule has 0 aliphatic heterocycles. The molecular weight excluding hydrogens is 172 g/mol. The Hall–Kier alpha value is -1.44. The zero-order valence-corrected chi connectivity index (χ0v) is 8.78. The average molecular weight is 186 g/mol. The van der Waals surface area contributed by atoms with Gasteiger partial charge in [-0.2, -0.15) is 10.2 Å². The minimum absolute atomic E-state index is 0.437. The first-order valence-electron chi connectivity index (χ1n) is 4.91. The highest BCUT2D eigenvalue weighted by Crippen LogP contribution is 2.17. The number of fused-ring (bicyclic) bond motifs is 1. The number of benzene rings is 1. The lowest BCUT2D eigenvalue weighted by Gasteiger charge is -2.04. The van der Waals surface area contributed by atoms with Gasteiger partial charge in [0.25, 0.3) is 0 Å². The Balaban J connectivity index is 2.63. The molecule has 0 atom stereocenters. The van der Waals surface area contributed by atoms with Crippen molar-refractivity contribution >= 4 is 10.9 Å². The van der Waals surface area contributed by atoms with Crippen molar-refractivity contribution in [2.75, 3.05) is 0 Å². The molecule has 1 aromatic carbocycles. The maximum absolute atomic E-state index is 4.19. The first-order chi connectivity index (χ1) is 6.66. The molecule has 0 aliphatic rings. The second-order valence-electron chi connectivity index (χ2n) is 3.99. The van der Waals surface area contributed by atoms with Crippen molar-refractivity contribution in [3.63, 3.8) is 0 Å². The van der Waals surface area contributed by atoms with Gasteiger partial charge in [-0.3, -0.25) is 0 Å². The van der Waals surface area contributed by atoms with Crippen molar-refractivity contribution in [3.05, 3.63) is 35.5 Å². The van der Waals surface area contributed by atoms with E-state index in [0.717, 1.165) is 11.2 Å². The summed E-state index contributed by atoms with van der Waals surface area (Å²) >= 11 is 0. The molecule has 2 heteroatoms. The number of hydrogen-bond acceptors (Lipinski definition) is 2. The van der Waals surface area contributed by atoms with E-state index in [0.29, 0.717) is 5.92 Å². The van der Waals surface area contributed by atoms with E-state index < -0.39 is 0 Å². The predicted octanol–water partition coefficient (Wildman–Crippen LogP) is 3.06. The molecule has 1 heterocycles. The van der Waals surface area contributed by atoms with Crippen LogP contribution in [0, 0.1) is 6.92 Å². The van der Waals surface area contributed by atoms with Crippen LogP contribution >= 0.6 is 0 Å². The zero-order valence-electron chi connectivity index (χ0n) is 8.78. The molecule has 0 spiro atoms. The van der Waals surface area contributed by atoms with Gasteiger partial charge >= 0.3 is 0 Å². The Morgan fingerprint density at radius 3 is 2.57 bits per heavy atom. The number of aromatic nitrogens is 2. The summed E-state index contributed by atoms with van der Waals surface area (Å²) in [6.45, 7) is 6.35. The summed E-state index contributed by atoms with van der Waals surface area (Å²) in [4.78, 5) is 0. The summed E-state index contributed by atoms with van der Waals surface area (Å²) in [5, 5.41) is 9.56. The van der Waals surface area contributed by atoms with Gasteiger partial charge in [-0.05, 0) is 31.0 Å². The zero-order chi connectivity index (χ0) is 10.1. The monoisotopic (exact) mass is 186 g/mol. The van der Waals surface area contributed by atoms with Gasteiger partial charge in [-0.1, -0.05) is 25.5 Å². The Labute approximate surface area is 84.0 Å². The van der Waals surface area contributed by atoms with Gasteiger partial charge in [0.2, 0.25) is 0 Å². The summed E-state index contributed by atoms with van der Waals surface area (Å²) < 4.78 is 0. The predicted molar refractivity (Wildman–Crippen MR) is 58.4 cm³/mol. The van der Waals surface area contributed by atoms with E-state index in [-0.39, 0.29) is 0 Å². The quantitative estimate of drug-likeness (QED) is 0.684. The van der Waals surface area contributed by atoms with Crippen LogP contribution in [0.4, 0.5) is 0 Å². The minimum Gasteiger partial charge on any atom is -0.155 e. The number of hydrogen-bond donors (Lipinski definition) is 0. The van der Waals surface area contributed by atoms with E-state index in [9.17, 15) is 0 Å². The van der Waals surface area contributed by atoms with Crippen LogP contribution in [0.3, 0.4) is 0 Å². The first kappa shape index (κ1) is 9.13. The van der Waals surface area contributed by atoms with Gasteiger partial charge in [0.05, 0.1) is 11.2 Å².